The van der Waals surface area contributed by atoms with Crippen LogP contribution in [0.1, 0.15) is 41.9 Å². The van der Waals surface area contributed by atoms with Crippen molar-refractivity contribution in [2.24, 2.45) is 0 Å². The van der Waals surface area contributed by atoms with Crippen LogP contribution < -0.4 is 10.0 Å². The molecule has 1 atom stereocenters. The fraction of sp³-hybridized carbons (Fsp3) is 0.182. The molecule has 1 aliphatic carbocycles. The first kappa shape index (κ1) is 21.9. The molecular weight excluding hydrogens is 450 g/mol. The highest BCUT2D eigenvalue weighted by molar-refractivity contribution is 7.96. The van der Waals surface area contributed by atoms with Crippen molar-refractivity contribution in [2.75, 3.05) is 4.72 Å². The van der Waals surface area contributed by atoms with Gasteiger partial charge in [0.05, 0.1) is 21.7 Å². The summed E-state index contributed by atoms with van der Waals surface area (Å²) < 4.78 is 26.5. The molecule has 1 unspecified atom stereocenters. The maximum atomic E-state index is 12.8. The van der Waals surface area contributed by atoms with Gasteiger partial charge in [-0.05, 0) is 36.2 Å². The Balaban J connectivity index is 1.47. The van der Waals surface area contributed by atoms with Crippen LogP contribution in [0.5, 0.6) is 0 Å². The molecule has 0 aliphatic heterocycles. The summed E-state index contributed by atoms with van der Waals surface area (Å²) in [7, 11) is -3.60. The monoisotopic (exact) mass is 469 g/mol. The SMILES string of the molecule is CCC(NC(=O)c1ccc(-c2cncc(Cl)c2)cc1)c1ccnc(NS(=O)(=O)C2=CC2)n1. The number of amides is 1. The Kier molecular flexibility index (Phi) is 6.20. The molecular formula is C22H20ClN5O3S. The second kappa shape index (κ2) is 9.05. The van der Waals surface area contributed by atoms with Gasteiger partial charge in [-0.3, -0.25) is 9.78 Å². The molecule has 0 saturated carbocycles. The van der Waals surface area contributed by atoms with E-state index in [1.54, 1.807) is 42.7 Å². The number of hydrogen-bond donors (Lipinski definition) is 2. The van der Waals surface area contributed by atoms with Crippen molar-refractivity contribution < 1.29 is 13.2 Å². The number of carbonyl (C=O) groups is 1. The number of nitrogens with one attached hydrogen (secondary N) is 2. The number of sulfonamides is 1. The molecule has 8 nitrogen and oxygen atoms in total. The van der Waals surface area contributed by atoms with Crippen molar-refractivity contribution in [3.63, 3.8) is 0 Å². The molecule has 0 bridgehead atoms. The molecule has 164 valence electrons. The van der Waals surface area contributed by atoms with Crippen LogP contribution in [0, 0.1) is 0 Å². The van der Waals surface area contributed by atoms with Crippen molar-refractivity contribution >= 4 is 33.5 Å². The lowest BCUT2D eigenvalue weighted by Crippen LogP contribution is -2.29. The summed E-state index contributed by atoms with van der Waals surface area (Å²) in [6.07, 6.45) is 7.33. The Morgan fingerprint density at radius 1 is 1.16 bits per heavy atom. The van der Waals surface area contributed by atoms with Crippen LogP contribution in [-0.4, -0.2) is 29.3 Å². The van der Waals surface area contributed by atoms with E-state index in [1.807, 2.05) is 19.1 Å². The minimum Gasteiger partial charge on any atom is -0.344 e. The van der Waals surface area contributed by atoms with E-state index in [-0.39, 0.29) is 11.9 Å². The Morgan fingerprint density at radius 2 is 1.91 bits per heavy atom. The number of aromatic nitrogens is 3. The summed E-state index contributed by atoms with van der Waals surface area (Å²) >= 11 is 6.00. The Bertz CT molecular complexity index is 1290. The first-order chi connectivity index (χ1) is 15.4. The van der Waals surface area contributed by atoms with Crippen LogP contribution >= 0.6 is 11.6 Å². The molecule has 2 N–H and O–H groups in total. The summed E-state index contributed by atoms with van der Waals surface area (Å²) in [5.74, 6) is -0.293. The van der Waals surface area contributed by atoms with Crippen LogP contribution in [0.15, 0.2) is 66.0 Å². The number of pyridine rings is 1. The number of halogens is 1. The molecule has 10 heteroatoms. The van der Waals surface area contributed by atoms with Gasteiger partial charge in [0, 0.05) is 36.1 Å². The molecule has 32 heavy (non-hydrogen) atoms. The smallest absolute Gasteiger partial charge is 0.260 e. The molecule has 3 aromatic rings. The number of hydrogen-bond acceptors (Lipinski definition) is 6. The van der Waals surface area contributed by atoms with E-state index in [4.69, 9.17) is 11.6 Å². The van der Waals surface area contributed by atoms with E-state index in [0.29, 0.717) is 34.0 Å². The number of benzene rings is 1. The van der Waals surface area contributed by atoms with E-state index in [0.717, 1.165) is 11.1 Å². The van der Waals surface area contributed by atoms with Crippen molar-refractivity contribution in [3.05, 3.63) is 82.2 Å². The summed E-state index contributed by atoms with van der Waals surface area (Å²) in [6, 6.07) is 10.1. The zero-order chi connectivity index (χ0) is 22.7. The number of nitrogens with zero attached hydrogens (tertiary/aromatic N) is 3. The molecule has 0 spiro atoms. The van der Waals surface area contributed by atoms with Crippen LogP contribution in [0.25, 0.3) is 11.1 Å². The van der Waals surface area contributed by atoms with E-state index in [1.165, 1.54) is 6.20 Å². The van der Waals surface area contributed by atoms with E-state index in [9.17, 15) is 13.2 Å². The highest BCUT2D eigenvalue weighted by Gasteiger charge is 2.25. The van der Waals surface area contributed by atoms with Gasteiger partial charge in [-0.1, -0.05) is 36.7 Å². The summed E-state index contributed by atoms with van der Waals surface area (Å²) in [6.45, 7) is 1.90. The summed E-state index contributed by atoms with van der Waals surface area (Å²) in [5.41, 5.74) is 2.74. The second-order valence-corrected chi connectivity index (χ2v) is 9.36. The molecule has 1 amide bonds. The molecule has 0 fully saturated rings. The molecule has 1 aromatic carbocycles. The Hall–Kier alpha value is -3.30. The highest BCUT2D eigenvalue weighted by Crippen LogP contribution is 2.26. The predicted molar refractivity (Wildman–Crippen MR) is 122 cm³/mol. The zero-order valence-electron chi connectivity index (χ0n) is 17.1. The average Bonchev–Trinajstić information content (AvgIpc) is 3.64. The van der Waals surface area contributed by atoms with Gasteiger partial charge in [0.1, 0.15) is 0 Å². The quantitative estimate of drug-likeness (QED) is 0.513. The molecule has 2 heterocycles. The van der Waals surface area contributed by atoms with Gasteiger partial charge in [0.25, 0.3) is 15.9 Å². The molecule has 0 radical (unpaired) electrons. The second-order valence-electron chi connectivity index (χ2n) is 7.19. The van der Waals surface area contributed by atoms with E-state index < -0.39 is 16.1 Å². The van der Waals surface area contributed by atoms with Gasteiger partial charge in [-0.15, -0.1) is 0 Å². The van der Waals surface area contributed by atoms with Gasteiger partial charge in [-0.25, -0.2) is 23.1 Å². The zero-order valence-corrected chi connectivity index (χ0v) is 18.7. The third kappa shape index (κ3) is 5.12. The molecule has 1 aliphatic rings. The van der Waals surface area contributed by atoms with Gasteiger partial charge < -0.3 is 5.32 Å². The number of carbonyl (C=O) groups excluding carboxylic acids is 1. The Morgan fingerprint density at radius 3 is 2.56 bits per heavy atom. The first-order valence-electron chi connectivity index (χ1n) is 9.92. The van der Waals surface area contributed by atoms with Gasteiger partial charge in [0.15, 0.2) is 0 Å². The highest BCUT2D eigenvalue weighted by atomic mass is 35.5. The maximum Gasteiger partial charge on any atom is 0.260 e. The van der Waals surface area contributed by atoms with Gasteiger partial charge >= 0.3 is 0 Å². The van der Waals surface area contributed by atoms with E-state index >= 15 is 0 Å². The topological polar surface area (TPSA) is 114 Å². The molecule has 0 saturated heterocycles. The van der Waals surface area contributed by atoms with Gasteiger partial charge in [0.2, 0.25) is 5.95 Å². The maximum absolute atomic E-state index is 12.8. The van der Waals surface area contributed by atoms with Crippen LogP contribution in [0.3, 0.4) is 0 Å². The summed E-state index contributed by atoms with van der Waals surface area (Å²) in [5, 5.41) is 3.48. The van der Waals surface area contributed by atoms with Crippen molar-refractivity contribution in [1.82, 2.24) is 20.3 Å². The third-order valence-electron chi connectivity index (χ3n) is 4.87. The van der Waals surface area contributed by atoms with Crippen molar-refractivity contribution in [2.45, 2.75) is 25.8 Å². The lowest BCUT2D eigenvalue weighted by atomic mass is 10.0. The van der Waals surface area contributed by atoms with E-state index in [2.05, 4.69) is 25.0 Å². The number of allylic oxidation sites excluding steroid dienone is 2. The van der Waals surface area contributed by atoms with Crippen LogP contribution in [-0.2, 0) is 10.0 Å². The minimum absolute atomic E-state index is 0.0255. The number of anilines is 1. The minimum atomic E-state index is -3.60. The number of rotatable bonds is 8. The predicted octanol–water partition coefficient (Wildman–Crippen LogP) is 4.10. The largest absolute Gasteiger partial charge is 0.344 e. The van der Waals surface area contributed by atoms with Gasteiger partial charge in [-0.2, -0.15) is 0 Å². The average molecular weight is 470 g/mol. The fourth-order valence-electron chi connectivity index (χ4n) is 3.07. The van der Waals surface area contributed by atoms with Crippen molar-refractivity contribution in [1.29, 1.82) is 0 Å². The van der Waals surface area contributed by atoms with Crippen LogP contribution in [0.4, 0.5) is 5.95 Å². The van der Waals surface area contributed by atoms with Crippen LogP contribution in [0.2, 0.25) is 5.02 Å². The normalized spacial score (nSPS) is 13.8. The standard InChI is InChI=1S/C22H20ClN5O3S/c1-2-19(20-9-10-25-22(27-20)28-32(30,31)18-7-8-18)26-21(29)15-5-3-14(4-6-15)16-11-17(23)13-24-12-16/h3-7,9-13,19H,2,8H2,1H3,(H,26,29)(H,25,27,28). The fourth-order valence-corrected chi connectivity index (χ4v) is 4.24. The molecule has 2 aromatic heterocycles. The lowest BCUT2D eigenvalue weighted by molar-refractivity contribution is 0.0934. The lowest BCUT2D eigenvalue weighted by Gasteiger charge is -2.17. The van der Waals surface area contributed by atoms with Crippen molar-refractivity contribution in [3.8, 4) is 11.1 Å². The Labute approximate surface area is 190 Å². The first-order valence-corrected chi connectivity index (χ1v) is 11.8. The summed E-state index contributed by atoms with van der Waals surface area (Å²) in [4.78, 5) is 25.5. The third-order valence-corrected chi connectivity index (χ3v) is 6.56. The molecule has 4 rings (SSSR count).